The van der Waals surface area contributed by atoms with Crippen LogP contribution in [0.5, 0.6) is 0 Å². The Balaban J connectivity index is 2.06. The van der Waals surface area contributed by atoms with E-state index in [9.17, 15) is 0 Å². The number of benzene rings is 2. The second-order valence-electron chi connectivity index (χ2n) is 17.1. The molecule has 0 fully saturated rings. The van der Waals surface area contributed by atoms with Crippen LogP contribution in [-0.2, 0) is 10.8 Å². The number of fused-ring (bicyclic) bond motifs is 1. The molecule has 1 atom stereocenters. The highest BCUT2D eigenvalue weighted by molar-refractivity contribution is 5.88. The zero-order chi connectivity index (χ0) is 38.1. The number of anilines is 2. The van der Waals surface area contributed by atoms with Crippen molar-refractivity contribution in [2.75, 3.05) is 4.90 Å². The third-order valence-corrected chi connectivity index (χ3v) is 12.1. The molecule has 1 nitrogen and oxygen atoms in total. The fourth-order valence-electron chi connectivity index (χ4n) is 7.99. The van der Waals surface area contributed by atoms with E-state index in [1.807, 2.05) is 0 Å². The largest absolute Gasteiger partial charge is 0.314 e. The van der Waals surface area contributed by atoms with Gasteiger partial charge in [0, 0.05) is 27.9 Å². The van der Waals surface area contributed by atoms with E-state index in [4.69, 9.17) is 0 Å². The predicted octanol–water partition coefficient (Wildman–Crippen LogP) is 15.1. The zero-order valence-electron chi connectivity index (χ0n) is 35.0. The maximum atomic E-state index is 2.51. The minimum absolute atomic E-state index is 0.0132. The second kappa shape index (κ2) is 15.4. The summed E-state index contributed by atoms with van der Waals surface area (Å²) in [6.07, 6.45) is 20.5. The van der Waals surface area contributed by atoms with E-state index in [1.54, 1.807) is 0 Å². The van der Waals surface area contributed by atoms with Crippen LogP contribution in [0.4, 0.5) is 11.4 Å². The molecule has 2 aromatic carbocycles. The number of hydrogen-bond donors (Lipinski definition) is 0. The minimum Gasteiger partial charge on any atom is -0.314 e. The van der Waals surface area contributed by atoms with Gasteiger partial charge in [-0.1, -0.05) is 131 Å². The number of rotatable bonds is 10. The summed E-state index contributed by atoms with van der Waals surface area (Å²) in [4.78, 5) is 2.49. The molecule has 0 bridgehead atoms. The Labute approximate surface area is 313 Å². The van der Waals surface area contributed by atoms with Gasteiger partial charge in [0.1, 0.15) is 0 Å². The topological polar surface area (TPSA) is 3.24 Å². The fourth-order valence-corrected chi connectivity index (χ4v) is 7.99. The second-order valence-corrected chi connectivity index (χ2v) is 17.1. The molecule has 1 heteroatoms. The van der Waals surface area contributed by atoms with Gasteiger partial charge in [0.15, 0.2) is 0 Å². The summed E-state index contributed by atoms with van der Waals surface area (Å²) in [5, 5.41) is 0. The Hall–Kier alpha value is -3.84. The van der Waals surface area contributed by atoms with Gasteiger partial charge in [0.2, 0.25) is 0 Å². The highest BCUT2D eigenvalue weighted by atomic mass is 15.1. The van der Waals surface area contributed by atoms with Crippen molar-refractivity contribution in [3.05, 3.63) is 146 Å². The van der Waals surface area contributed by atoms with Crippen LogP contribution in [0.3, 0.4) is 0 Å². The molecule has 0 aromatic heterocycles. The molecule has 0 N–H and O–H groups in total. The van der Waals surface area contributed by atoms with E-state index in [0.717, 1.165) is 12.8 Å². The molecule has 0 saturated heterocycles. The first-order valence-electron chi connectivity index (χ1n) is 19.3. The predicted molar refractivity (Wildman–Crippen MR) is 228 cm³/mol. The molecule has 0 saturated carbocycles. The SMILES string of the molecule is C/C=C\C1=C(C)C(C/C(C)=C\C)(c2cc(N(/C(C)=C/C=C(\C)C(C)(C)C)c3ccc4c(c3)C(/C=C\C(C)C)=C(C)C4(C)C)ccc2C)/C(=C/C)C1. The van der Waals surface area contributed by atoms with Crippen molar-refractivity contribution in [2.24, 2.45) is 11.3 Å². The third-order valence-electron chi connectivity index (χ3n) is 12.1. The van der Waals surface area contributed by atoms with Crippen LogP contribution in [0, 0.1) is 18.3 Å². The van der Waals surface area contributed by atoms with Gasteiger partial charge < -0.3 is 4.90 Å². The molecule has 272 valence electrons. The quantitative estimate of drug-likeness (QED) is 0.178. The monoisotopic (exact) mass is 682 g/mol. The lowest BCUT2D eigenvalue weighted by atomic mass is 9.67. The van der Waals surface area contributed by atoms with Crippen LogP contribution in [0.25, 0.3) is 5.57 Å². The Bertz CT molecular complexity index is 1900. The maximum Gasteiger partial charge on any atom is 0.0464 e. The summed E-state index contributed by atoms with van der Waals surface area (Å²) < 4.78 is 0. The van der Waals surface area contributed by atoms with Gasteiger partial charge in [0.05, 0.1) is 0 Å². The molecule has 0 spiro atoms. The summed E-state index contributed by atoms with van der Waals surface area (Å²) in [6, 6.07) is 14.4. The van der Waals surface area contributed by atoms with Gasteiger partial charge in [-0.25, -0.2) is 0 Å². The van der Waals surface area contributed by atoms with Crippen molar-refractivity contribution in [3.8, 4) is 0 Å². The van der Waals surface area contributed by atoms with Crippen molar-refractivity contribution in [1.82, 2.24) is 0 Å². The molecule has 0 amide bonds. The van der Waals surface area contributed by atoms with Crippen molar-refractivity contribution in [2.45, 2.75) is 134 Å². The molecule has 0 radical (unpaired) electrons. The Morgan fingerprint density at radius 3 is 2.08 bits per heavy atom. The fraction of sp³-hybridized carbons (Fsp3) is 0.440. The number of hydrogen-bond acceptors (Lipinski definition) is 1. The zero-order valence-corrected chi connectivity index (χ0v) is 35.0. The highest BCUT2D eigenvalue weighted by Gasteiger charge is 2.44. The lowest BCUT2D eigenvalue weighted by Gasteiger charge is -2.37. The van der Waals surface area contributed by atoms with Gasteiger partial charge in [-0.3, -0.25) is 0 Å². The molecule has 0 heterocycles. The molecule has 2 aliphatic rings. The third kappa shape index (κ3) is 7.69. The molecule has 2 aromatic rings. The van der Waals surface area contributed by atoms with Crippen LogP contribution in [0.2, 0.25) is 0 Å². The lowest BCUT2D eigenvalue weighted by molar-refractivity contribution is 0.504. The average Bonchev–Trinajstić information content (AvgIpc) is 3.44. The molecular formula is C50H67N. The molecular weight excluding hydrogens is 615 g/mol. The lowest BCUT2D eigenvalue weighted by Crippen LogP contribution is -2.29. The smallest absolute Gasteiger partial charge is 0.0464 e. The van der Waals surface area contributed by atoms with Crippen LogP contribution < -0.4 is 4.90 Å². The van der Waals surface area contributed by atoms with E-state index in [0.29, 0.717) is 5.92 Å². The summed E-state index contributed by atoms with van der Waals surface area (Å²) in [7, 11) is 0. The van der Waals surface area contributed by atoms with E-state index >= 15 is 0 Å². The van der Waals surface area contributed by atoms with E-state index in [1.165, 1.54) is 78.3 Å². The van der Waals surface area contributed by atoms with E-state index in [2.05, 4.69) is 201 Å². The molecule has 51 heavy (non-hydrogen) atoms. The standard InChI is InChI=1S/C50H67N/c1-17-20-40-29-41(19-3)50(38(40)10,32-34(6)18-2)47-31-43(25-22-35(47)7)51(37(9)24-23-36(8)48(12,13)14)42-26-28-46-45(30-42)44(27-21-33(4)5)39(11)49(46,15)16/h17-28,30-31,33H,29,32H2,1-16H3/b20-17-,27-21-,34-18-,36-23+,37-24+,41-19+. The maximum absolute atomic E-state index is 2.51. The van der Waals surface area contributed by atoms with Crippen molar-refractivity contribution >= 4 is 16.9 Å². The van der Waals surface area contributed by atoms with Gasteiger partial charge in [-0.05, 0) is 150 Å². The van der Waals surface area contributed by atoms with E-state index in [-0.39, 0.29) is 16.2 Å². The number of nitrogens with zero attached hydrogens (tertiary/aromatic N) is 1. The van der Waals surface area contributed by atoms with Crippen LogP contribution in [0.15, 0.2) is 124 Å². The van der Waals surface area contributed by atoms with Gasteiger partial charge in [0.25, 0.3) is 0 Å². The summed E-state index contributed by atoms with van der Waals surface area (Å²) in [5.74, 6) is 0.494. The summed E-state index contributed by atoms with van der Waals surface area (Å²) in [6.45, 7) is 36.5. The molecule has 4 rings (SSSR count). The van der Waals surface area contributed by atoms with E-state index < -0.39 is 0 Å². The summed E-state index contributed by atoms with van der Waals surface area (Å²) >= 11 is 0. The van der Waals surface area contributed by atoms with Crippen molar-refractivity contribution < 1.29 is 0 Å². The molecule has 1 unspecified atom stereocenters. The van der Waals surface area contributed by atoms with Crippen LogP contribution in [0.1, 0.15) is 139 Å². The average molecular weight is 682 g/mol. The highest BCUT2D eigenvalue weighted by Crippen LogP contribution is 2.55. The van der Waals surface area contributed by atoms with Gasteiger partial charge >= 0.3 is 0 Å². The van der Waals surface area contributed by atoms with Gasteiger partial charge in [-0.15, -0.1) is 0 Å². The van der Waals surface area contributed by atoms with Crippen LogP contribution >= 0.6 is 0 Å². The van der Waals surface area contributed by atoms with Gasteiger partial charge in [-0.2, -0.15) is 0 Å². The van der Waals surface area contributed by atoms with Crippen molar-refractivity contribution in [3.63, 3.8) is 0 Å². The Kier molecular flexibility index (Phi) is 12.1. The summed E-state index contributed by atoms with van der Waals surface area (Å²) in [5.41, 5.74) is 19.0. The van der Waals surface area contributed by atoms with Crippen molar-refractivity contribution in [1.29, 1.82) is 0 Å². The number of aryl methyl sites for hydroxylation is 1. The first-order chi connectivity index (χ1) is 23.8. The first kappa shape index (κ1) is 39.9. The Morgan fingerprint density at radius 2 is 1.49 bits per heavy atom. The normalized spacial score (nSPS) is 21.0. The minimum atomic E-state index is -0.192. The molecule has 0 aliphatic heterocycles. The van der Waals surface area contributed by atoms with Crippen LogP contribution in [-0.4, -0.2) is 0 Å². The Morgan fingerprint density at radius 1 is 0.843 bits per heavy atom. The number of allylic oxidation sites excluding steroid dienone is 16. The first-order valence-corrected chi connectivity index (χ1v) is 19.3. The molecule has 2 aliphatic carbocycles.